The van der Waals surface area contributed by atoms with Gasteiger partial charge in [0.1, 0.15) is 28.8 Å². The molecule has 1 aliphatic heterocycles. The van der Waals surface area contributed by atoms with E-state index in [1.165, 1.54) is 43.5 Å². The van der Waals surface area contributed by atoms with Crippen molar-refractivity contribution in [3.05, 3.63) is 82.0 Å². The van der Waals surface area contributed by atoms with Crippen molar-refractivity contribution in [1.29, 1.82) is 5.26 Å². The lowest BCUT2D eigenvalue weighted by Gasteiger charge is -2.52. The molecule has 0 N–H and O–H groups in total. The fraction of sp³-hybridized carbons (Fsp3) is 0.375. The van der Waals surface area contributed by atoms with Gasteiger partial charge in [0.25, 0.3) is 0 Å². The monoisotopic (exact) mass is 570 g/mol. The van der Waals surface area contributed by atoms with E-state index in [1.807, 2.05) is 13.0 Å². The van der Waals surface area contributed by atoms with Crippen molar-refractivity contribution in [3.8, 4) is 23.1 Å². The lowest BCUT2D eigenvalue weighted by atomic mass is 9.62. The van der Waals surface area contributed by atoms with Crippen molar-refractivity contribution in [2.45, 2.75) is 64.3 Å². The van der Waals surface area contributed by atoms with Crippen LogP contribution < -0.4 is 10.4 Å². The molecule has 10 heteroatoms. The molecule has 1 saturated carbocycles. The second-order valence-corrected chi connectivity index (χ2v) is 11.1. The van der Waals surface area contributed by atoms with Gasteiger partial charge in [-0.2, -0.15) is 5.26 Å². The maximum Gasteiger partial charge on any atom is 0.351 e. The van der Waals surface area contributed by atoms with Crippen LogP contribution in [0.4, 0.5) is 0 Å². The molecule has 5 rings (SSSR count). The summed E-state index contributed by atoms with van der Waals surface area (Å²) in [5.41, 5.74) is -2.25. The van der Waals surface area contributed by atoms with Crippen molar-refractivity contribution in [3.63, 3.8) is 0 Å². The van der Waals surface area contributed by atoms with Gasteiger partial charge in [-0.1, -0.05) is 6.92 Å². The fourth-order valence-corrected chi connectivity index (χ4v) is 5.99. The summed E-state index contributed by atoms with van der Waals surface area (Å²) in [4.78, 5) is 56.7. The van der Waals surface area contributed by atoms with Gasteiger partial charge in [-0.05, 0) is 69.5 Å². The number of esters is 2. The van der Waals surface area contributed by atoms with Crippen LogP contribution in [0.2, 0.25) is 0 Å². The summed E-state index contributed by atoms with van der Waals surface area (Å²) < 4.78 is 23.8. The lowest BCUT2D eigenvalue weighted by Crippen LogP contribution is -2.63. The third-order valence-electron chi connectivity index (χ3n) is 8.55. The topological polar surface area (TPSA) is 146 Å². The standard InChI is InChI=1S/C32H30N2O8/c1-5-31(3,41-18(2)35)22-13-23-28(36)27-25(15-24(39-30(27)38)21-7-6-12-34-17-21)42-32(23,4)26(14-22)40-29(37)20-10-8-19(16-33)9-11-20/h6-12,15,17,22-23,26H,5,13-14H2,1-4H3/t22-,23-,26-,31?,32-/m0/s1. The molecule has 0 bridgehead atoms. The summed E-state index contributed by atoms with van der Waals surface area (Å²) in [5.74, 6) is -2.73. The van der Waals surface area contributed by atoms with Gasteiger partial charge in [0.05, 0.1) is 23.1 Å². The molecule has 3 heterocycles. The minimum Gasteiger partial charge on any atom is -0.482 e. The summed E-state index contributed by atoms with van der Waals surface area (Å²) >= 11 is 0. The predicted molar refractivity (Wildman–Crippen MR) is 149 cm³/mol. The quantitative estimate of drug-likeness (QED) is 0.375. The Morgan fingerprint density at radius 1 is 1.19 bits per heavy atom. The number of ether oxygens (including phenoxy) is 3. The summed E-state index contributed by atoms with van der Waals surface area (Å²) in [6.45, 7) is 6.67. The smallest absolute Gasteiger partial charge is 0.351 e. The van der Waals surface area contributed by atoms with Crippen molar-refractivity contribution < 1.29 is 33.0 Å². The molecule has 2 aliphatic rings. The number of hydrogen-bond acceptors (Lipinski definition) is 10. The van der Waals surface area contributed by atoms with Crippen LogP contribution in [0.15, 0.2) is 64.1 Å². The van der Waals surface area contributed by atoms with Crippen molar-refractivity contribution in [1.82, 2.24) is 4.98 Å². The predicted octanol–water partition coefficient (Wildman–Crippen LogP) is 4.89. The number of carbonyl (C=O) groups is 3. The zero-order chi connectivity index (χ0) is 30.2. The van der Waals surface area contributed by atoms with Crippen LogP contribution in [-0.4, -0.2) is 40.0 Å². The second kappa shape index (κ2) is 10.9. The molecule has 10 nitrogen and oxygen atoms in total. The molecule has 0 spiro atoms. The summed E-state index contributed by atoms with van der Waals surface area (Å²) in [7, 11) is 0. The van der Waals surface area contributed by atoms with Gasteiger partial charge in [0.15, 0.2) is 11.4 Å². The van der Waals surface area contributed by atoms with Gasteiger partial charge < -0.3 is 18.6 Å². The third-order valence-corrected chi connectivity index (χ3v) is 8.55. The molecular weight excluding hydrogens is 540 g/mol. The number of Topliss-reactive ketones (excluding diaryl/α,β-unsaturated/α-hetero) is 1. The highest BCUT2D eigenvalue weighted by atomic mass is 16.6. The molecule has 1 fully saturated rings. The minimum absolute atomic E-state index is 0.0324. The van der Waals surface area contributed by atoms with Crippen molar-refractivity contribution >= 4 is 17.7 Å². The number of pyridine rings is 1. The van der Waals surface area contributed by atoms with E-state index in [4.69, 9.17) is 23.9 Å². The van der Waals surface area contributed by atoms with E-state index in [0.29, 0.717) is 17.5 Å². The van der Waals surface area contributed by atoms with Crippen LogP contribution in [0.5, 0.6) is 5.75 Å². The fourth-order valence-electron chi connectivity index (χ4n) is 5.99. The molecule has 1 aliphatic carbocycles. The first-order valence-electron chi connectivity index (χ1n) is 13.7. The van der Waals surface area contributed by atoms with Crippen LogP contribution in [-0.2, 0) is 14.3 Å². The second-order valence-electron chi connectivity index (χ2n) is 11.1. The number of nitrogens with zero attached hydrogens (tertiary/aromatic N) is 2. The molecule has 2 aromatic heterocycles. The maximum atomic E-state index is 14.0. The number of fused-ring (bicyclic) bond motifs is 2. The van der Waals surface area contributed by atoms with Gasteiger partial charge in [0.2, 0.25) is 0 Å². The molecule has 3 aromatic rings. The number of aromatic nitrogens is 1. The number of benzene rings is 1. The Kier molecular flexibility index (Phi) is 7.45. The number of nitriles is 1. The Morgan fingerprint density at radius 2 is 1.93 bits per heavy atom. The molecule has 1 unspecified atom stereocenters. The average molecular weight is 571 g/mol. The number of hydrogen-bond donors (Lipinski definition) is 0. The van der Waals surface area contributed by atoms with E-state index >= 15 is 0 Å². The van der Waals surface area contributed by atoms with Crippen LogP contribution >= 0.6 is 0 Å². The third kappa shape index (κ3) is 5.07. The van der Waals surface area contributed by atoms with Gasteiger partial charge in [-0.3, -0.25) is 14.6 Å². The summed E-state index contributed by atoms with van der Waals surface area (Å²) in [6, 6.07) is 12.9. The Morgan fingerprint density at radius 3 is 2.55 bits per heavy atom. The number of ketones is 1. The van der Waals surface area contributed by atoms with E-state index in [2.05, 4.69) is 4.98 Å². The Labute approximate surface area is 242 Å². The zero-order valence-electron chi connectivity index (χ0n) is 23.7. The van der Waals surface area contributed by atoms with Crippen LogP contribution in [0, 0.1) is 23.2 Å². The highest BCUT2D eigenvalue weighted by Gasteiger charge is 2.60. The highest BCUT2D eigenvalue weighted by molar-refractivity contribution is 6.02. The van der Waals surface area contributed by atoms with Crippen molar-refractivity contribution in [2.75, 3.05) is 0 Å². The van der Waals surface area contributed by atoms with E-state index in [0.717, 1.165) is 0 Å². The van der Waals surface area contributed by atoms with Gasteiger partial charge in [-0.25, -0.2) is 9.59 Å². The van der Waals surface area contributed by atoms with E-state index in [9.17, 15) is 19.2 Å². The Hall–Kier alpha value is -4.78. The molecule has 1 aromatic carbocycles. The zero-order valence-corrected chi connectivity index (χ0v) is 23.7. The molecule has 216 valence electrons. The first-order chi connectivity index (χ1) is 20.0. The van der Waals surface area contributed by atoms with Gasteiger partial charge in [0, 0.05) is 36.9 Å². The SMILES string of the molecule is CCC(C)(OC(C)=O)[C@@H]1C[C@H](OC(=O)c2ccc(C#N)cc2)[C@@]2(C)Oc3cc(-c4cccnc4)oc(=O)c3C(=O)[C@@H]2C1. The average Bonchev–Trinajstić information content (AvgIpc) is 2.97. The highest BCUT2D eigenvalue weighted by Crippen LogP contribution is 2.51. The Bertz CT molecular complexity index is 1640. The van der Waals surface area contributed by atoms with Gasteiger partial charge in [-0.15, -0.1) is 0 Å². The maximum absolute atomic E-state index is 14.0. The van der Waals surface area contributed by atoms with E-state index in [-0.39, 0.29) is 35.5 Å². The van der Waals surface area contributed by atoms with Crippen LogP contribution in [0.25, 0.3) is 11.3 Å². The minimum atomic E-state index is -1.35. The molecule has 0 saturated heterocycles. The first-order valence-corrected chi connectivity index (χ1v) is 13.7. The number of rotatable bonds is 6. The van der Waals surface area contributed by atoms with Crippen LogP contribution in [0.3, 0.4) is 0 Å². The van der Waals surface area contributed by atoms with Gasteiger partial charge >= 0.3 is 17.6 Å². The molecule has 0 amide bonds. The van der Waals surface area contributed by atoms with E-state index < -0.39 is 52.5 Å². The largest absolute Gasteiger partial charge is 0.482 e. The van der Waals surface area contributed by atoms with Crippen molar-refractivity contribution in [2.24, 2.45) is 11.8 Å². The summed E-state index contributed by atoms with van der Waals surface area (Å²) in [6.07, 6.45) is 3.04. The summed E-state index contributed by atoms with van der Waals surface area (Å²) in [5, 5.41) is 9.12. The van der Waals surface area contributed by atoms with Crippen LogP contribution in [0.1, 0.15) is 73.2 Å². The molecule has 5 atom stereocenters. The molecular formula is C32H30N2O8. The first kappa shape index (κ1) is 28.7. The lowest BCUT2D eigenvalue weighted by molar-refractivity contribution is -0.177. The normalized spacial score (nSPS) is 24.2. The Balaban J connectivity index is 1.58. The number of carbonyl (C=O) groups excluding carboxylic acids is 3. The molecule has 42 heavy (non-hydrogen) atoms. The molecule has 0 radical (unpaired) electrons. The van der Waals surface area contributed by atoms with E-state index in [1.54, 1.807) is 32.2 Å².